The summed E-state index contributed by atoms with van der Waals surface area (Å²) >= 11 is 0. The number of benzene rings is 1. The molecule has 0 bridgehead atoms. The van der Waals surface area contributed by atoms with E-state index in [4.69, 9.17) is 10.00 Å². The summed E-state index contributed by atoms with van der Waals surface area (Å²) in [4.78, 5) is 13.3. The molecule has 0 spiro atoms. The van der Waals surface area contributed by atoms with E-state index in [1.165, 1.54) is 19.1 Å². The maximum absolute atomic E-state index is 14.5. The Balaban J connectivity index is 2.61. The molecular weight excluding hydrogens is 312 g/mol. The van der Waals surface area contributed by atoms with Gasteiger partial charge in [0.1, 0.15) is 0 Å². The first kappa shape index (κ1) is 18.0. The van der Waals surface area contributed by atoms with Crippen LogP contribution < -0.4 is 5.32 Å². The topological polar surface area (TPSA) is 85.6 Å². The SMILES string of the molecule is CN(C)C(=BC#N)NC1(c2cc(O)ccc2F)COCC[C@H]1C=O. The van der Waals surface area contributed by atoms with Gasteiger partial charge in [0.2, 0.25) is 0 Å². The van der Waals surface area contributed by atoms with Crippen LogP contribution in [-0.2, 0) is 15.1 Å². The van der Waals surface area contributed by atoms with Crippen molar-refractivity contribution in [2.24, 2.45) is 5.92 Å². The summed E-state index contributed by atoms with van der Waals surface area (Å²) in [6, 6.07) is 3.67. The number of ether oxygens (including phenoxy) is 1. The van der Waals surface area contributed by atoms with Gasteiger partial charge in [-0.2, -0.15) is 0 Å². The molecule has 1 aromatic rings. The van der Waals surface area contributed by atoms with Gasteiger partial charge in [-0.05, 0) is 0 Å². The van der Waals surface area contributed by atoms with Crippen LogP contribution in [0, 0.1) is 23.0 Å². The second-order valence-corrected chi connectivity index (χ2v) is 5.90. The van der Waals surface area contributed by atoms with Crippen LogP contribution in [0.25, 0.3) is 0 Å². The molecule has 1 fully saturated rings. The van der Waals surface area contributed by atoms with Crippen molar-refractivity contribution in [1.29, 1.82) is 5.26 Å². The van der Waals surface area contributed by atoms with Crippen LogP contribution in [0.1, 0.15) is 12.0 Å². The number of carbonyl (C=O) groups excluding carboxylic acids is 1. The fraction of sp³-hybridized carbons (Fsp3) is 0.438. The standard InChI is InChI=1S/C16H19BFN3O3/c1-21(2)15(17-10-19)20-16(9-24-6-5-11(16)8-22)13-7-12(23)3-4-14(13)18/h3-4,7-8,11,20,23H,5-6,9H2,1-2H3/t11-,16?/m0/s1. The summed E-state index contributed by atoms with van der Waals surface area (Å²) in [6.07, 6.45) is 1.16. The number of aldehydes is 1. The number of nitrogens with zero attached hydrogens (tertiary/aromatic N) is 2. The van der Waals surface area contributed by atoms with E-state index in [2.05, 4.69) is 5.32 Å². The molecule has 1 aliphatic rings. The van der Waals surface area contributed by atoms with E-state index < -0.39 is 17.3 Å². The molecule has 126 valence electrons. The normalized spacial score (nSPS) is 23.8. The summed E-state index contributed by atoms with van der Waals surface area (Å²) in [5.74, 6) is 0.674. The first-order chi connectivity index (χ1) is 11.4. The number of nitriles is 1. The quantitative estimate of drug-likeness (QED) is 0.600. The number of phenols is 1. The number of hydrogen-bond acceptors (Lipinski definition) is 6. The second kappa shape index (κ2) is 7.45. The number of nitrogens with one attached hydrogen (secondary N) is 1. The van der Waals surface area contributed by atoms with E-state index in [1.807, 2.05) is 5.97 Å². The average molecular weight is 331 g/mol. The zero-order valence-corrected chi connectivity index (χ0v) is 13.6. The molecule has 24 heavy (non-hydrogen) atoms. The van der Waals surface area contributed by atoms with Crippen LogP contribution in [0.15, 0.2) is 18.2 Å². The molecule has 0 radical (unpaired) electrons. The van der Waals surface area contributed by atoms with Gasteiger partial charge < -0.3 is 0 Å². The van der Waals surface area contributed by atoms with Crippen molar-refractivity contribution >= 4 is 18.9 Å². The minimum absolute atomic E-state index is 0.0351. The first-order valence-corrected chi connectivity index (χ1v) is 7.52. The number of rotatable bonds is 5. The Kier molecular flexibility index (Phi) is 5.57. The molecule has 0 amide bonds. The molecule has 2 N–H and O–H groups in total. The molecule has 1 aromatic carbocycles. The Morgan fingerprint density at radius 1 is 1.62 bits per heavy atom. The third-order valence-corrected chi connectivity index (χ3v) is 4.16. The van der Waals surface area contributed by atoms with Crippen molar-refractivity contribution in [3.05, 3.63) is 29.6 Å². The Morgan fingerprint density at radius 2 is 2.38 bits per heavy atom. The third-order valence-electron chi connectivity index (χ3n) is 4.16. The molecule has 1 saturated heterocycles. The zero-order valence-electron chi connectivity index (χ0n) is 13.6. The fourth-order valence-electron chi connectivity index (χ4n) is 2.88. The summed E-state index contributed by atoms with van der Waals surface area (Å²) in [5.41, 5.74) is -0.668. The second-order valence-electron chi connectivity index (χ2n) is 5.90. The Hall–Kier alpha value is -2.40. The molecular formula is C16H19BFN3O3. The van der Waals surface area contributed by atoms with Gasteiger partial charge >= 0.3 is 140 Å². The summed E-state index contributed by atoms with van der Waals surface area (Å²) in [7, 11) is 3.45. The van der Waals surface area contributed by atoms with Crippen LogP contribution in [0.5, 0.6) is 5.75 Å². The number of halogens is 1. The van der Waals surface area contributed by atoms with E-state index in [9.17, 15) is 14.3 Å². The van der Waals surface area contributed by atoms with E-state index in [-0.39, 0.29) is 17.9 Å². The summed E-state index contributed by atoms with van der Waals surface area (Å²) in [6.45, 7) is 1.69. The van der Waals surface area contributed by atoms with Crippen LogP contribution >= 0.6 is 0 Å². The number of hydrogen-bond donors (Lipinski definition) is 2. The Labute approximate surface area is 140 Å². The van der Waals surface area contributed by atoms with Crippen molar-refractivity contribution in [1.82, 2.24) is 10.2 Å². The maximum atomic E-state index is 14.5. The van der Waals surface area contributed by atoms with Crippen molar-refractivity contribution in [2.45, 2.75) is 12.0 Å². The predicted octanol–water partition coefficient (Wildman–Crippen LogP) is 0.386. The summed E-state index contributed by atoms with van der Waals surface area (Å²) in [5, 5.41) is 21.9. The van der Waals surface area contributed by atoms with Gasteiger partial charge in [0.05, 0.1) is 0 Å². The molecule has 2 atom stereocenters. The molecule has 1 aliphatic heterocycles. The van der Waals surface area contributed by atoms with Crippen molar-refractivity contribution < 1.29 is 19.0 Å². The van der Waals surface area contributed by atoms with Crippen LogP contribution in [0.4, 0.5) is 4.39 Å². The van der Waals surface area contributed by atoms with Gasteiger partial charge in [-0.15, -0.1) is 0 Å². The van der Waals surface area contributed by atoms with Crippen molar-refractivity contribution in [3.8, 4) is 11.7 Å². The van der Waals surface area contributed by atoms with Gasteiger partial charge in [0.15, 0.2) is 0 Å². The van der Waals surface area contributed by atoms with Gasteiger partial charge in [-0.1, -0.05) is 0 Å². The van der Waals surface area contributed by atoms with E-state index in [1.54, 1.807) is 19.0 Å². The number of carbonyl (C=O) groups is 1. The van der Waals surface area contributed by atoms with E-state index >= 15 is 0 Å². The molecule has 0 aromatic heterocycles. The Morgan fingerprint density at radius 3 is 3.00 bits per heavy atom. The summed E-state index contributed by atoms with van der Waals surface area (Å²) < 4.78 is 20.1. The molecule has 2 rings (SSSR count). The molecule has 6 nitrogen and oxygen atoms in total. The predicted molar refractivity (Wildman–Crippen MR) is 87.9 cm³/mol. The zero-order chi connectivity index (χ0) is 17.7. The van der Waals surface area contributed by atoms with Gasteiger partial charge in [0, 0.05) is 0 Å². The monoisotopic (exact) mass is 331 g/mol. The van der Waals surface area contributed by atoms with Crippen LogP contribution in [0.3, 0.4) is 0 Å². The molecule has 1 unspecified atom stereocenters. The van der Waals surface area contributed by atoms with Gasteiger partial charge in [-0.25, -0.2) is 0 Å². The third kappa shape index (κ3) is 3.41. The first-order valence-electron chi connectivity index (χ1n) is 7.52. The van der Waals surface area contributed by atoms with Gasteiger partial charge in [-0.3, -0.25) is 0 Å². The fourth-order valence-corrected chi connectivity index (χ4v) is 2.88. The average Bonchev–Trinajstić information content (AvgIpc) is 2.56. The van der Waals surface area contributed by atoms with Crippen molar-refractivity contribution in [3.63, 3.8) is 0 Å². The molecule has 0 aliphatic carbocycles. The van der Waals surface area contributed by atoms with Crippen LogP contribution in [-0.4, -0.2) is 56.2 Å². The minimum atomic E-state index is -1.21. The molecule has 8 heteroatoms. The van der Waals surface area contributed by atoms with E-state index in [0.717, 1.165) is 12.4 Å². The number of phenolic OH excluding ortho intramolecular Hbond substituents is 1. The number of aromatic hydroxyl groups is 1. The van der Waals surface area contributed by atoms with Gasteiger partial charge in [0.25, 0.3) is 0 Å². The van der Waals surface area contributed by atoms with Crippen molar-refractivity contribution in [2.75, 3.05) is 27.3 Å². The molecule has 0 saturated carbocycles. The Bertz CT molecular complexity index is 690. The van der Waals surface area contributed by atoms with Crippen LogP contribution in [0.2, 0.25) is 0 Å². The van der Waals surface area contributed by atoms with E-state index in [0.29, 0.717) is 18.7 Å². The molecule has 1 heterocycles.